The van der Waals surface area contributed by atoms with E-state index in [0.29, 0.717) is 45.3 Å². The first-order chi connectivity index (χ1) is 19.2. The Labute approximate surface area is 232 Å². The monoisotopic (exact) mass is 540 g/mol. The van der Waals surface area contributed by atoms with E-state index in [1.807, 2.05) is 0 Å². The predicted molar refractivity (Wildman–Crippen MR) is 149 cm³/mol. The van der Waals surface area contributed by atoms with E-state index in [0.717, 1.165) is 0 Å². The number of esters is 2. The molecule has 8 heteroatoms. The molecule has 0 spiro atoms. The highest BCUT2D eigenvalue weighted by molar-refractivity contribution is 5.98. The molecule has 4 aromatic carbocycles. The van der Waals surface area contributed by atoms with E-state index in [1.165, 1.54) is 27.0 Å². The molecule has 0 saturated carbocycles. The minimum absolute atomic E-state index is 0.0438. The minimum Gasteiger partial charge on any atom is -0.497 e. The molecule has 204 valence electrons. The van der Waals surface area contributed by atoms with Gasteiger partial charge in [-0.25, -0.2) is 9.59 Å². The van der Waals surface area contributed by atoms with Gasteiger partial charge in [-0.3, -0.25) is 9.59 Å². The van der Waals surface area contributed by atoms with Crippen LogP contribution in [0.4, 0.5) is 0 Å². The van der Waals surface area contributed by atoms with Gasteiger partial charge in [-0.15, -0.1) is 0 Å². The van der Waals surface area contributed by atoms with E-state index in [2.05, 4.69) is 0 Å². The summed E-state index contributed by atoms with van der Waals surface area (Å²) in [5, 5.41) is 0. The largest absolute Gasteiger partial charge is 0.497 e. The molecule has 40 heavy (non-hydrogen) atoms. The molecule has 0 aliphatic heterocycles. The van der Waals surface area contributed by atoms with Gasteiger partial charge < -0.3 is 18.9 Å². The number of methoxy groups -OCH3 is 2. The minimum atomic E-state index is -0.513. The van der Waals surface area contributed by atoms with Gasteiger partial charge in [-0.2, -0.15) is 0 Å². The van der Waals surface area contributed by atoms with Crippen LogP contribution in [-0.4, -0.2) is 37.7 Å². The molecule has 0 aliphatic carbocycles. The zero-order valence-corrected chi connectivity index (χ0v) is 22.5. The summed E-state index contributed by atoms with van der Waals surface area (Å²) in [6.07, 6.45) is 0. The van der Waals surface area contributed by atoms with Crippen LogP contribution >= 0.6 is 0 Å². The van der Waals surface area contributed by atoms with Crippen LogP contribution in [0.3, 0.4) is 0 Å². The maximum Gasteiger partial charge on any atom is 0.343 e. The summed E-state index contributed by atoms with van der Waals surface area (Å²) < 4.78 is 20.6. The lowest BCUT2D eigenvalue weighted by Gasteiger charge is -2.06. The van der Waals surface area contributed by atoms with Gasteiger partial charge in [0.2, 0.25) is 0 Å². The van der Waals surface area contributed by atoms with Gasteiger partial charge in [-0.05, 0) is 62.4 Å². The Morgan fingerprint density at radius 1 is 0.450 bits per heavy atom. The number of hydrogen-bond donors (Lipinski definition) is 0. The van der Waals surface area contributed by atoms with Crippen molar-refractivity contribution in [2.45, 2.75) is 13.8 Å². The highest BCUT2D eigenvalue weighted by atomic mass is 16.5. The first kappa shape index (κ1) is 29.3. The van der Waals surface area contributed by atoms with Crippen molar-refractivity contribution in [1.29, 1.82) is 0 Å². The quantitative estimate of drug-likeness (QED) is 0.147. The van der Waals surface area contributed by atoms with E-state index in [1.54, 1.807) is 98.1 Å². The number of hydrogen-bond acceptors (Lipinski definition) is 8. The molecule has 8 nitrogen and oxygen atoms in total. The van der Waals surface area contributed by atoms with Gasteiger partial charge in [-0.1, -0.05) is 36.4 Å². The van der Waals surface area contributed by atoms with Crippen LogP contribution in [0.25, 0.3) is 0 Å². The van der Waals surface area contributed by atoms with Crippen LogP contribution in [0.5, 0.6) is 23.0 Å². The van der Waals surface area contributed by atoms with Crippen LogP contribution < -0.4 is 18.9 Å². The second-order valence-corrected chi connectivity index (χ2v) is 8.41. The SMILES string of the molecule is COc1cccc(OC(=O)c2ccc(C(C)=O)cc2)c1.COc1cccc(OC(=O)c2cccc(C(C)=O)c2)c1. The highest BCUT2D eigenvalue weighted by Gasteiger charge is 2.12. The van der Waals surface area contributed by atoms with Crippen molar-refractivity contribution in [1.82, 2.24) is 0 Å². The molecule has 0 aliphatic rings. The van der Waals surface area contributed by atoms with Crippen molar-refractivity contribution in [3.8, 4) is 23.0 Å². The highest BCUT2D eigenvalue weighted by Crippen LogP contribution is 2.21. The summed E-state index contributed by atoms with van der Waals surface area (Å²) in [5.74, 6) is 0.885. The Morgan fingerprint density at radius 3 is 1.32 bits per heavy atom. The normalized spacial score (nSPS) is 9.90. The number of carbonyl (C=O) groups excluding carboxylic acids is 4. The van der Waals surface area contributed by atoms with Crippen molar-refractivity contribution in [3.05, 3.63) is 119 Å². The lowest BCUT2D eigenvalue weighted by Crippen LogP contribution is -2.09. The molecule has 0 radical (unpaired) electrons. The number of ketones is 2. The van der Waals surface area contributed by atoms with Crippen LogP contribution in [0, 0.1) is 0 Å². The molecule has 0 atom stereocenters. The molecule has 0 amide bonds. The van der Waals surface area contributed by atoms with Gasteiger partial charge in [0.25, 0.3) is 0 Å². The topological polar surface area (TPSA) is 105 Å². The summed E-state index contributed by atoms with van der Waals surface area (Å²) in [6, 6.07) is 26.3. The molecule has 0 aromatic heterocycles. The summed E-state index contributed by atoms with van der Waals surface area (Å²) >= 11 is 0. The summed E-state index contributed by atoms with van der Waals surface area (Å²) in [4.78, 5) is 46.4. The maximum atomic E-state index is 12.0. The Balaban J connectivity index is 0.000000220. The average Bonchev–Trinajstić information content (AvgIpc) is 2.97. The van der Waals surface area contributed by atoms with Gasteiger partial charge >= 0.3 is 11.9 Å². The van der Waals surface area contributed by atoms with Crippen LogP contribution in [0.2, 0.25) is 0 Å². The number of carbonyl (C=O) groups is 4. The Hall–Kier alpha value is -5.24. The first-order valence-corrected chi connectivity index (χ1v) is 12.1. The van der Waals surface area contributed by atoms with Crippen LogP contribution in [-0.2, 0) is 0 Å². The standard InChI is InChI=1S/2C16H14O4/c1-11(17)12-5-3-6-13(9-12)16(18)20-15-8-4-7-14(10-15)19-2;1-11(17)12-6-8-13(9-7-12)16(18)20-15-5-3-4-14(10-15)19-2/h2*3-10H,1-2H3. The molecule has 4 aromatic rings. The summed E-state index contributed by atoms with van der Waals surface area (Å²) in [5.41, 5.74) is 1.76. The number of benzene rings is 4. The second-order valence-electron chi connectivity index (χ2n) is 8.41. The molecule has 0 heterocycles. The van der Waals surface area contributed by atoms with Gasteiger partial charge in [0, 0.05) is 23.3 Å². The number of ether oxygens (including phenoxy) is 4. The number of rotatable bonds is 8. The lowest BCUT2D eigenvalue weighted by molar-refractivity contribution is 0.0724. The van der Waals surface area contributed by atoms with E-state index in [4.69, 9.17) is 18.9 Å². The second kappa shape index (κ2) is 14.1. The van der Waals surface area contributed by atoms with Crippen molar-refractivity contribution in [2.75, 3.05) is 14.2 Å². The number of Topliss-reactive ketones (excluding diaryl/α,β-unsaturated/α-hetero) is 2. The zero-order chi connectivity index (χ0) is 29.1. The molecule has 0 unspecified atom stereocenters. The Bertz CT molecular complexity index is 1510. The maximum absolute atomic E-state index is 12.0. The van der Waals surface area contributed by atoms with Crippen LogP contribution in [0.15, 0.2) is 97.1 Å². The van der Waals surface area contributed by atoms with Gasteiger partial charge in [0.05, 0.1) is 25.3 Å². The third-order valence-corrected chi connectivity index (χ3v) is 5.54. The molecular formula is C32H28O8. The van der Waals surface area contributed by atoms with E-state index >= 15 is 0 Å². The van der Waals surface area contributed by atoms with Crippen LogP contribution in [0.1, 0.15) is 55.3 Å². The average molecular weight is 541 g/mol. The smallest absolute Gasteiger partial charge is 0.343 e. The molecule has 0 N–H and O–H groups in total. The third-order valence-electron chi connectivity index (χ3n) is 5.54. The van der Waals surface area contributed by atoms with E-state index in [-0.39, 0.29) is 11.6 Å². The fourth-order valence-electron chi connectivity index (χ4n) is 3.37. The molecule has 0 fully saturated rings. The fourth-order valence-corrected chi connectivity index (χ4v) is 3.37. The predicted octanol–water partition coefficient (Wildman–Crippen LogP) is 6.23. The molecular weight excluding hydrogens is 512 g/mol. The Kier molecular flexibility index (Phi) is 10.3. The van der Waals surface area contributed by atoms with Crippen molar-refractivity contribution < 1.29 is 38.1 Å². The fraction of sp³-hybridized carbons (Fsp3) is 0.125. The zero-order valence-electron chi connectivity index (χ0n) is 22.5. The van der Waals surface area contributed by atoms with Gasteiger partial charge in [0.15, 0.2) is 11.6 Å². The summed E-state index contributed by atoms with van der Waals surface area (Å²) in [7, 11) is 3.08. The van der Waals surface area contributed by atoms with Crippen molar-refractivity contribution >= 4 is 23.5 Å². The lowest BCUT2D eigenvalue weighted by atomic mass is 10.1. The molecule has 0 saturated heterocycles. The Morgan fingerprint density at radius 2 is 0.850 bits per heavy atom. The van der Waals surface area contributed by atoms with Crippen molar-refractivity contribution in [2.24, 2.45) is 0 Å². The van der Waals surface area contributed by atoms with Gasteiger partial charge in [0.1, 0.15) is 23.0 Å². The first-order valence-electron chi connectivity index (χ1n) is 12.1. The van der Waals surface area contributed by atoms with E-state index < -0.39 is 11.9 Å². The van der Waals surface area contributed by atoms with E-state index in [9.17, 15) is 19.2 Å². The third kappa shape index (κ3) is 8.39. The van der Waals surface area contributed by atoms with Crippen molar-refractivity contribution in [3.63, 3.8) is 0 Å². The summed E-state index contributed by atoms with van der Waals surface area (Å²) in [6.45, 7) is 2.93. The molecule has 0 bridgehead atoms. The molecule has 4 rings (SSSR count).